The average Bonchev–Trinajstić information content (AvgIpc) is 3.23. The Morgan fingerprint density at radius 2 is 1.85 bits per heavy atom. The Bertz CT molecular complexity index is 1790. The van der Waals surface area contributed by atoms with Crippen molar-refractivity contribution in [2.45, 2.75) is 18.3 Å². The zero-order chi connectivity index (χ0) is 26.7. The molecule has 0 unspecified atom stereocenters. The van der Waals surface area contributed by atoms with Gasteiger partial charge in [0.1, 0.15) is 5.82 Å². The maximum absolute atomic E-state index is 13.5. The summed E-state index contributed by atoms with van der Waals surface area (Å²) in [6, 6.07) is 26.2. The fraction of sp³-hybridized carbons (Fsp3) is 0.188. The zero-order valence-corrected chi connectivity index (χ0v) is 21.3. The van der Waals surface area contributed by atoms with Crippen LogP contribution >= 0.6 is 0 Å². The van der Waals surface area contributed by atoms with Crippen molar-refractivity contribution in [3.63, 3.8) is 0 Å². The van der Waals surface area contributed by atoms with Crippen molar-refractivity contribution in [2.24, 2.45) is 5.92 Å². The molecule has 0 N–H and O–H groups in total. The first-order valence-electron chi connectivity index (χ1n) is 12.9. The Hall–Kier alpha value is -4.83. The zero-order valence-electron chi connectivity index (χ0n) is 21.3. The van der Waals surface area contributed by atoms with Gasteiger partial charge in [-0.25, -0.2) is 9.07 Å². The van der Waals surface area contributed by atoms with Crippen LogP contribution in [0.4, 0.5) is 10.2 Å². The number of fused-ring (bicyclic) bond motifs is 2. The summed E-state index contributed by atoms with van der Waals surface area (Å²) >= 11 is 0. The van der Waals surface area contributed by atoms with Gasteiger partial charge in [-0.2, -0.15) is 5.10 Å². The number of likely N-dealkylation sites (tertiary alicyclic amines) is 1. The van der Waals surface area contributed by atoms with Gasteiger partial charge in [0.25, 0.3) is 11.7 Å². The monoisotopic (exact) mass is 513 g/mol. The summed E-state index contributed by atoms with van der Waals surface area (Å²) in [6.45, 7) is 10.6. The van der Waals surface area contributed by atoms with Crippen molar-refractivity contribution in [3.05, 3.63) is 131 Å². The van der Waals surface area contributed by atoms with Gasteiger partial charge in [-0.3, -0.25) is 4.79 Å². The first-order valence-corrected chi connectivity index (χ1v) is 12.9. The quantitative estimate of drug-likeness (QED) is 0.268. The number of carbonyl (C=O) groups excluding carboxylic acids is 1. The number of amides is 1. The molecule has 2 aliphatic rings. The van der Waals surface area contributed by atoms with Gasteiger partial charge in [0.05, 0.1) is 17.4 Å². The molecule has 7 rings (SSSR count). The van der Waals surface area contributed by atoms with Crippen molar-refractivity contribution in [1.82, 2.24) is 19.7 Å². The number of pyridine rings is 1. The molecule has 1 aliphatic carbocycles. The molecule has 5 aromatic rings. The van der Waals surface area contributed by atoms with Gasteiger partial charge in [0.15, 0.2) is 0 Å². The van der Waals surface area contributed by atoms with Crippen molar-refractivity contribution >= 4 is 22.6 Å². The molecule has 3 heterocycles. The number of halogens is 1. The van der Waals surface area contributed by atoms with E-state index < -0.39 is 0 Å². The topological polar surface area (TPSA) is 55.4 Å². The van der Waals surface area contributed by atoms with E-state index in [1.807, 2.05) is 21.8 Å². The fourth-order valence-electron chi connectivity index (χ4n) is 6.65. The molecule has 0 spiro atoms. The van der Waals surface area contributed by atoms with Crippen LogP contribution < -0.4 is 0 Å². The Morgan fingerprint density at radius 1 is 1.05 bits per heavy atom. The average molecular weight is 514 g/mol. The molecule has 6 nitrogen and oxygen atoms in total. The molecule has 39 heavy (non-hydrogen) atoms. The molecular formula is C32H24FN5O. The van der Waals surface area contributed by atoms with E-state index in [9.17, 15) is 9.18 Å². The summed E-state index contributed by atoms with van der Waals surface area (Å²) in [4.78, 5) is 23.0. The lowest BCUT2D eigenvalue weighted by Gasteiger charge is -2.25. The third-order valence-corrected chi connectivity index (χ3v) is 8.38. The van der Waals surface area contributed by atoms with Crippen molar-refractivity contribution in [2.75, 3.05) is 13.1 Å². The lowest BCUT2D eigenvalue weighted by molar-refractivity contribution is 0.0763. The van der Waals surface area contributed by atoms with Crippen LogP contribution in [0.25, 0.3) is 21.4 Å². The maximum Gasteiger partial charge on any atom is 0.296 e. The van der Waals surface area contributed by atoms with E-state index in [0.717, 1.165) is 22.2 Å². The number of benzene rings is 3. The first kappa shape index (κ1) is 23.3. The third kappa shape index (κ3) is 3.56. The first-order chi connectivity index (χ1) is 19.0. The van der Waals surface area contributed by atoms with Crippen LogP contribution in [-0.4, -0.2) is 38.7 Å². The molecule has 3 atom stereocenters. The number of piperidine rings is 1. The highest BCUT2D eigenvalue weighted by Crippen LogP contribution is 2.69. The number of aromatic nitrogens is 3. The number of aryl methyl sites for hydroxylation is 1. The van der Waals surface area contributed by atoms with Gasteiger partial charge < -0.3 is 9.74 Å². The van der Waals surface area contributed by atoms with E-state index in [1.165, 1.54) is 23.3 Å². The smallest absolute Gasteiger partial charge is 0.296 e. The van der Waals surface area contributed by atoms with Gasteiger partial charge in [-0.15, -0.1) is 4.98 Å². The van der Waals surface area contributed by atoms with Crippen LogP contribution in [0.2, 0.25) is 0 Å². The molecule has 7 heteroatoms. The SMILES string of the molecule is [C-]#[N+]c1cccc(C(=O)N2C[C@H]3[C@H](c4ccccc4)[C@@]3(c3cc4cnn(-c5ccc(F)cc5)c4cc3C)C2)n1. The highest BCUT2D eigenvalue weighted by molar-refractivity contribution is 5.93. The number of hydrogen-bond acceptors (Lipinski definition) is 3. The minimum absolute atomic E-state index is 0.137. The molecule has 2 aromatic heterocycles. The van der Waals surface area contributed by atoms with Crippen LogP contribution in [0.3, 0.4) is 0 Å². The van der Waals surface area contributed by atoms with Crippen LogP contribution in [0, 0.1) is 25.2 Å². The van der Waals surface area contributed by atoms with Crippen LogP contribution in [-0.2, 0) is 5.41 Å². The van der Waals surface area contributed by atoms with Gasteiger partial charge >= 0.3 is 0 Å². The normalized spacial score (nSPS) is 21.5. The molecule has 1 saturated heterocycles. The van der Waals surface area contributed by atoms with Crippen molar-refractivity contribution < 1.29 is 9.18 Å². The Labute approximate surface area is 225 Å². The Balaban J connectivity index is 1.30. The summed E-state index contributed by atoms with van der Waals surface area (Å²) in [5.41, 5.74) is 5.50. The summed E-state index contributed by atoms with van der Waals surface area (Å²) in [5.74, 6) is 0.379. The second kappa shape index (κ2) is 8.60. The summed E-state index contributed by atoms with van der Waals surface area (Å²) in [6.07, 6.45) is 1.85. The molecule has 1 aliphatic heterocycles. The molecule has 1 amide bonds. The van der Waals surface area contributed by atoms with Gasteiger partial charge in [-0.1, -0.05) is 43.0 Å². The van der Waals surface area contributed by atoms with E-state index in [1.54, 1.807) is 30.3 Å². The predicted molar refractivity (Wildman–Crippen MR) is 147 cm³/mol. The molecular weight excluding hydrogens is 489 g/mol. The standard InChI is InChI=1S/C32H24FN5O/c1-20-15-28-22(17-35-38(28)24-13-11-23(33)12-14-24)16-25(20)32-19-37(31(39)27-9-6-10-29(34-2)36-27)18-26(32)30(32)21-7-4-3-5-8-21/h3-17,26,30H,18-19H2,1H3/t26-,30-,32+/m0/s1. The second-order valence-electron chi connectivity index (χ2n) is 10.5. The van der Waals surface area contributed by atoms with Gasteiger partial charge in [0.2, 0.25) is 5.69 Å². The van der Waals surface area contributed by atoms with Crippen LogP contribution in [0.5, 0.6) is 0 Å². The summed E-state index contributed by atoms with van der Waals surface area (Å²) < 4.78 is 15.4. The van der Waals surface area contributed by atoms with E-state index in [4.69, 9.17) is 6.57 Å². The Kier molecular flexibility index (Phi) is 5.14. The predicted octanol–water partition coefficient (Wildman–Crippen LogP) is 6.23. The van der Waals surface area contributed by atoms with E-state index >= 15 is 0 Å². The van der Waals surface area contributed by atoms with Crippen molar-refractivity contribution in [1.29, 1.82) is 0 Å². The Morgan fingerprint density at radius 3 is 2.62 bits per heavy atom. The fourth-order valence-corrected chi connectivity index (χ4v) is 6.65. The largest absolute Gasteiger partial charge is 0.361 e. The van der Waals surface area contributed by atoms with Gasteiger partial charge in [-0.05, 0) is 78.1 Å². The minimum Gasteiger partial charge on any atom is -0.361 e. The van der Waals surface area contributed by atoms with E-state index in [2.05, 4.69) is 58.2 Å². The molecule has 190 valence electrons. The highest BCUT2D eigenvalue weighted by Gasteiger charge is 2.71. The number of rotatable bonds is 4. The molecule has 3 aromatic carbocycles. The number of hydrogen-bond donors (Lipinski definition) is 0. The molecule has 0 bridgehead atoms. The third-order valence-electron chi connectivity index (χ3n) is 8.38. The number of carbonyl (C=O) groups is 1. The highest BCUT2D eigenvalue weighted by atomic mass is 19.1. The van der Waals surface area contributed by atoms with E-state index in [-0.39, 0.29) is 28.9 Å². The molecule has 0 radical (unpaired) electrons. The summed E-state index contributed by atoms with van der Waals surface area (Å²) in [5, 5.41) is 5.62. The number of nitrogens with zero attached hydrogens (tertiary/aromatic N) is 5. The summed E-state index contributed by atoms with van der Waals surface area (Å²) in [7, 11) is 0. The second-order valence-corrected chi connectivity index (χ2v) is 10.5. The van der Waals surface area contributed by atoms with E-state index in [0.29, 0.717) is 24.7 Å². The van der Waals surface area contributed by atoms with Crippen LogP contribution in [0.15, 0.2) is 91.1 Å². The lowest BCUT2D eigenvalue weighted by Crippen LogP contribution is -2.35. The van der Waals surface area contributed by atoms with Gasteiger partial charge in [0, 0.05) is 29.8 Å². The van der Waals surface area contributed by atoms with Crippen LogP contribution in [0.1, 0.15) is 33.1 Å². The molecule has 2 fully saturated rings. The molecule has 1 saturated carbocycles. The minimum atomic E-state index is -0.282. The lowest BCUT2D eigenvalue weighted by atomic mass is 9.86. The maximum atomic E-state index is 13.5. The van der Waals surface area contributed by atoms with Crippen molar-refractivity contribution in [3.8, 4) is 5.69 Å².